The van der Waals surface area contributed by atoms with Crippen molar-refractivity contribution >= 4 is 34.3 Å². The summed E-state index contributed by atoms with van der Waals surface area (Å²) in [7, 11) is 0. The second-order valence-corrected chi connectivity index (χ2v) is 9.66. The van der Waals surface area contributed by atoms with Gasteiger partial charge in [-0.3, -0.25) is 18.7 Å². The third-order valence-electron chi connectivity index (χ3n) is 7.40. The average Bonchev–Trinajstić information content (AvgIpc) is 3.74. The Bertz CT molecular complexity index is 1720. The van der Waals surface area contributed by atoms with Gasteiger partial charge in [0.1, 0.15) is 49.3 Å². The lowest BCUT2D eigenvalue weighted by atomic mass is 10.0. The van der Waals surface area contributed by atoms with Crippen molar-refractivity contribution in [2.75, 3.05) is 13.2 Å². The maximum absolute atomic E-state index is 13.9. The zero-order valence-corrected chi connectivity index (χ0v) is 21.4. The Kier molecular flexibility index (Phi) is 6.70. The van der Waals surface area contributed by atoms with Crippen LogP contribution < -0.4 is 11.1 Å². The molecule has 4 aromatic rings. The molecule has 6 heterocycles. The minimum absolute atomic E-state index is 0.347. The molecule has 0 saturated carbocycles. The Morgan fingerprint density at radius 2 is 1.16 bits per heavy atom. The third kappa shape index (κ3) is 3.81. The van der Waals surface area contributed by atoms with Gasteiger partial charge >= 0.3 is 11.9 Å². The number of H-pyrrole nitrogens is 2. The quantitative estimate of drug-likeness (QED) is 0.0747. The second kappa shape index (κ2) is 10.1. The molecule has 0 spiro atoms. The normalized spacial score (nSPS) is 32.5. The number of fused-ring (bicyclic) bond motifs is 2. The molecule has 6 rings (SSSR count). The van der Waals surface area contributed by atoms with Crippen LogP contribution in [0, 0.1) is 0 Å². The number of nitrogens with zero attached hydrogens (tertiary/aromatic N) is 6. The summed E-state index contributed by atoms with van der Waals surface area (Å²) in [4.78, 5) is 72.4. The van der Waals surface area contributed by atoms with Crippen LogP contribution in [0.25, 0.3) is 22.3 Å². The molecular weight excluding hydrogens is 584 g/mol. The molecular formula is C22H22N8O13. The summed E-state index contributed by atoms with van der Waals surface area (Å²) >= 11 is 0. The highest BCUT2D eigenvalue weighted by molar-refractivity contribution is 5.94. The van der Waals surface area contributed by atoms with Crippen molar-refractivity contribution in [3.8, 4) is 0 Å². The van der Waals surface area contributed by atoms with E-state index in [4.69, 9.17) is 14.2 Å². The largest absolute Gasteiger partial charge is 0.394 e. The van der Waals surface area contributed by atoms with Crippen LogP contribution in [0.5, 0.6) is 0 Å². The SMILES string of the molecule is O=C(OC(=O)[C@@]1(n2cnc3c(=O)[nH]cnc32)O[C@H](CO)[C@@H](O)[C@H]1O)[C@@]1(n2cnc3c(=O)[nH]cnc32)O[C@H](CO)[C@@H](O)[C@H]1O. The minimum atomic E-state index is -2.93. The van der Waals surface area contributed by atoms with Gasteiger partial charge in [0.2, 0.25) is 0 Å². The van der Waals surface area contributed by atoms with Gasteiger partial charge < -0.3 is 54.8 Å². The third-order valence-corrected chi connectivity index (χ3v) is 7.40. The Labute approximate surface area is 235 Å². The molecule has 0 radical (unpaired) electrons. The van der Waals surface area contributed by atoms with E-state index < -0.39 is 84.3 Å². The predicted molar refractivity (Wildman–Crippen MR) is 131 cm³/mol. The first-order valence-corrected chi connectivity index (χ1v) is 12.4. The van der Waals surface area contributed by atoms with Crippen LogP contribution in [-0.2, 0) is 35.2 Å². The van der Waals surface area contributed by atoms with Gasteiger partial charge in [-0.05, 0) is 0 Å². The Hall–Kier alpha value is -4.48. The van der Waals surface area contributed by atoms with Crippen LogP contribution in [0.1, 0.15) is 0 Å². The Morgan fingerprint density at radius 1 is 0.767 bits per heavy atom. The van der Waals surface area contributed by atoms with Crippen LogP contribution in [-0.4, -0.2) is 131 Å². The first-order chi connectivity index (χ1) is 20.5. The number of esters is 2. The molecule has 21 heteroatoms. The number of hydrogen-bond donors (Lipinski definition) is 8. The molecule has 2 aliphatic heterocycles. The maximum Gasteiger partial charge on any atom is 0.371 e. The van der Waals surface area contributed by atoms with Gasteiger partial charge in [0.25, 0.3) is 22.6 Å². The summed E-state index contributed by atoms with van der Waals surface area (Å²) in [6, 6.07) is 0. The lowest BCUT2D eigenvalue weighted by Gasteiger charge is -2.34. The number of rotatable bonds is 6. The highest BCUT2D eigenvalue weighted by Crippen LogP contribution is 2.42. The number of imidazole rings is 2. The Morgan fingerprint density at radius 3 is 1.51 bits per heavy atom. The van der Waals surface area contributed by atoms with E-state index in [1.165, 1.54) is 0 Å². The smallest absolute Gasteiger partial charge is 0.371 e. The number of carbonyl (C=O) groups is 2. The van der Waals surface area contributed by atoms with Gasteiger partial charge in [0.15, 0.2) is 22.3 Å². The number of aliphatic hydroxyl groups is 6. The zero-order valence-electron chi connectivity index (χ0n) is 21.4. The fraction of sp³-hybridized carbons (Fsp3) is 0.455. The highest BCUT2D eigenvalue weighted by Gasteiger charge is 2.66. The topological polar surface area (TPSA) is 310 Å². The molecule has 228 valence electrons. The maximum atomic E-state index is 13.9. The number of hydrogen-bond acceptors (Lipinski definition) is 17. The van der Waals surface area contributed by atoms with E-state index in [2.05, 4.69) is 29.9 Å². The molecule has 2 fully saturated rings. The average molecular weight is 606 g/mol. The number of aromatic nitrogens is 8. The molecule has 8 atom stereocenters. The summed E-state index contributed by atoms with van der Waals surface area (Å²) < 4.78 is 17.6. The molecule has 0 unspecified atom stereocenters. The first-order valence-electron chi connectivity index (χ1n) is 12.4. The van der Waals surface area contributed by atoms with Crippen molar-refractivity contribution in [3.63, 3.8) is 0 Å². The first kappa shape index (κ1) is 28.6. The van der Waals surface area contributed by atoms with Crippen molar-refractivity contribution < 1.29 is 54.4 Å². The summed E-state index contributed by atoms with van der Waals surface area (Å²) in [5.74, 6) is -3.57. The number of aliphatic hydroxyl groups excluding tert-OH is 6. The summed E-state index contributed by atoms with van der Waals surface area (Å²) in [6.07, 6.45) is -8.21. The fourth-order valence-electron chi connectivity index (χ4n) is 5.24. The van der Waals surface area contributed by atoms with Crippen LogP contribution >= 0.6 is 0 Å². The number of ether oxygens (including phenoxy) is 3. The van der Waals surface area contributed by atoms with E-state index in [0.29, 0.717) is 9.13 Å². The van der Waals surface area contributed by atoms with Gasteiger partial charge in [0.05, 0.1) is 25.9 Å². The van der Waals surface area contributed by atoms with E-state index in [0.717, 1.165) is 25.3 Å². The van der Waals surface area contributed by atoms with E-state index in [1.54, 1.807) is 0 Å². The molecule has 2 aliphatic rings. The molecule has 0 aliphatic carbocycles. The molecule has 4 aromatic heterocycles. The summed E-state index contributed by atoms with van der Waals surface area (Å²) in [5.41, 5.74) is -8.83. The molecule has 21 nitrogen and oxygen atoms in total. The van der Waals surface area contributed by atoms with Crippen molar-refractivity contribution in [1.82, 2.24) is 39.0 Å². The van der Waals surface area contributed by atoms with Gasteiger partial charge in [0, 0.05) is 0 Å². The monoisotopic (exact) mass is 606 g/mol. The summed E-state index contributed by atoms with van der Waals surface area (Å²) in [5, 5.41) is 62.7. The van der Waals surface area contributed by atoms with E-state index in [-0.39, 0.29) is 22.3 Å². The van der Waals surface area contributed by atoms with E-state index in [9.17, 15) is 49.8 Å². The lowest BCUT2D eigenvalue weighted by molar-refractivity contribution is -0.220. The van der Waals surface area contributed by atoms with Gasteiger partial charge in [-0.2, -0.15) is 0 Å². The van der Waals surface area contributed by atoms with Crippen molar-refractivity contribution in [2.45, 2.75) is 48.1 Å². The van der Waals surface area contributed by atoms with E-state index >= 15 is 0 Å². The molecule has 2 saturated heterocycles. The number of carbonyl (C=O) groups excluding carboxylic acids is 2. The van der Waals surface area contributed by atoms with Crippen LogP contribution in [0.2, 0.25) is 0 Å². The van der Waals surface area contributed by atoms with Gasteiger partial charge in [-0.15, -0.1) is 0 Å². The lowest BCUT2D eigenvalue weighted by Crippen LogP contribution is -2.57. The van der Waals surface area contributed by atoms with Crippen molar-refractivity contribution in [1.29, 1.82) is 0 Å². The highest BCUT2D eigenvalue weighted by atomic mass is 16.7. The fourth-order valence-corrected chi connectivity index (χ4v) is 5.24. The van der Waals surface area contributed by atoms with Gasteiger partial charge in [-0.25, -0.2) is 29.5 Å². The number of aromatic amines is 2. The second-order valence-electron chi connectivity index (χ2n) is 9.66. The van der Waals surface area contributed by atoms with Crippen LogP contribution in [0.3, 0.4) is 0 Å². The van der Waals surface area contributed by atoms with Crippen molar-refractivity contribution in [3.05, 3.63) is 46.0 Å². The molecule has 0 amide bonds. The summed E-state index contributed by atoms with van der Waals surface area (Å²) in [6.45, 7) is -1.86. The standard InChI is InChI=1S/C22H22N8O13/c31-1-7-11(33)13(35)21(42-7,29-5-27-9-15(29)23-3-25-17(9)37)19(39)41-20(40)22(14(36)12(34)8(2-32)43-22)30-6-28-10-16(30)24-4-26-18(10)38/h3-8,11-14,31-36H,1-2H2,(H,23,25,37)(H,24,26,38)/t7-,8-,11-,12-,13-,14-,21+,22+/m1/s1. The predicted octanol–water partition coefficient (Wildman–Crippen LogP) is -6.15. The number of nitrogens with one attached hydrogen (secondary N) is 2. The molecule has 0 bridgehead atoms. The van der Waals surface area contributed by atoms with Crippen LogP contribution in [0.15, 0.2) is 34.9 Å². The van der Waals surface area contributed by atoms with Crippen molar-refractivity contribution in [2.24, 2.45) is 0 Å². The zero-order chi connectivity index (χ0) is 30.8. The van der Waals surface area contributed by atoms with E-state index in [1.807, 2.05) is 0 Å². The minimum Gasteiger partial charge on any atom is -0.394 e. The molecule has 0 aromatic carbocycles. The Balaban J connectivity index is 1.50. The molecule has 43 heavy (non-hydrogen) atoms. The van der Waals surface area contributed by atoms with Gasteiger partial charge in [-0.1, -0.05) is 0 Å². The molecule has 8 N–H and O–H groups in total. The van der Waals surface area contributed by atoms with Crippen LogP contribution in [0.4, 0.5) is 0 Å².